The maximum absolute atomic E-state index is 12.2. The van der Waals surface area contributed by atoms with Crippen LogP contribution in [-0.4, -0.2) is 23.2 Å². The van der Waals surface area contributed by atoms with Crippen LogP contribution in [0.15, 0.2) is 36.4 Å². The molecule has 0 saturated heterocycles. The summed E-state index contributed by atoms with van der Waals surface area (Å²) in [5.74, 6) is 0.224. The number of nitrogens with one attached hydrogen (secondary N) is 1. The van der Waals surface area contributed by atoms with Gasteiger partial charge in [0.05, 0.1) is 12.1 Å². The number of rotatable bonds is 3. The highest BCUT2D eigenvalue weighted by atomic mass is 16.3. The van der Waals surface area contributed by atoms with Crippen LogP contribution in [0.3, 0.4) is 0 Å². The molecule has 2 fully saturated rings. The Balaban J connectivity index is 1.69. The van der Waals surface area contributed by atoms with Crippen LogP contribution in [0.4, 0.5) is 0 Å². The van der Waals surface area contributed by atoms with Crippen LogP contribution in [0.5, 0.6) is 0 Å². The summed E-state index contributed by atoms with van der Waals surface area (Å²) >= 11 is 0. The highest BCUT2D eigenvalue weighted by Gasteiger charge is 2.66. The van der Waals surface area contributed by atoms with Crippen molar-refractivity contribution in [1.29, 1.82) is 0 Å². The van der Waals surface area contributed by atoms with Crippen LogP contribution in [-0.2, 0) is 4.79 Å². The molecule has 0 heterocycles. The van der Waals surface area contributed by atoms with Gasteiger partial charge in [0.15, 0.2) is 0 Å². The molecule has 118 valence electrons. The zero-order chi connectivity index (χ0) is 16.0. The lowest BCUT2D eigenvalue weighted by Gasteiger charge is -2.37. The zero-order valence-corrected chi connectivity index (χ0v) is 13.5. The summed E-state index contributed by atoms with van der Waals surface area (Å²) in [6, 6.07) is 9.62. The molecule has 2 aliphatic carbocycles. The fourth-order valence-electron chi connectivity index (χ4n) is 4.46. The van der Waals surface area contributed by atoms with Crippen LogP contribution in [0.25, 0.3) is 6.08 Å². The molecule has 2 bridgehead atoms. The lowest BCUT2D eigenvalue weighted by molar-refractivity contribution is -0.118. The number of carbonyl (C=O) groups excluding carboxylic acids is 1. The monoisotopic (exact) mass is 299 g/mol. The Labute approximate surface area is 132 Å². The van der Waals surface area contributed by atoms with E-state index in [2.05, 4.69) is 26.1 Å². The van der Waals surface area contributed by atoms with Crippen molar-refractivity contribution >= 4 is 12.0 Å². The first-order valence-corrected chi connectivity index (χ1v) is 8.08. The van der Waals surface area contributed by atoms with Crippen molar-refractivity contribution in [3.63, 3.8) is 0 Å². The van der Waals surface area contributed by atoms with Crippen molar-refractivity contribution in [1.82, 2.24) is 5.32 Å². The number of fused-ring (bicyclic) bond motifs is 2. The molecule has 3 nitrogen and oxygen atoms in total. The summed E-state index contributed by atoms with van der Waals surface area (Å²) in [6.07, 6.45) is 5.02. The zero-order valence-electron chi connectivity index (χ0n) is 13.5. The van der Waals surface area contributed by atoms with Gasteiger partial charge in [0.2, 0.25) is 5.91 Å². The number of hydrogen-bond donors (Lipinski definition) is 2. The summed E-state index contributed by atoms with van der Waals surface area (Å²) in [5.41, 5.74) is 0.963. The predicted molar refractivity (Wildman–Crippen MR) is 88.0 cm³/mol. The molecule has 1 aromatic carbocycles. The fourth-order valence-corrected chi connectivity index (χ4v) is 4.46. The normalized spacial score (nSPS) is 35.9. The molecule has 2 saturated carbocycles. The molecular formula is C19H25NO2. The van der Waals surface area contributed by atoms with Crippen molar-refractivity contribution in [2.75, 3.05) is 0 Å². The summed E-state index contributed by atoms with van der Waals surface area (Å²) in [6.45, 7) is 6.60. The second kappa shape index (κ2) is 5.24. The van der Waals surface area contributed by atoms with E-state index in [-0.39, 0.29) is 22.8 Å². The Morgan fingerprint density at radius 2 is 1.95 bits per heavy atom. The Morgan fingerprint density at radius 3 is 2.55 bits per heavy atom. The van der Waals surface area contributed by atoms with E-state index >= 15 is 0 Å². The summed E-state index contributed by atoms with van der Waals surface area (Å²) in [5, 5.41) is 13.7. The smallest absolute Gasteiger partial charge is 0.244 e. The Kier molecular flexibility index (Phi) is 3.64. The van der Waals surface area contributed by atoms with Crippen LogP contribution >= 0.6 is 0 Å². The van der Waals surface area contributed by atoms with Gasteiger partial charge in [-0.25, -0.2) is 0 Å². The maximum atomic E-state index is 12.2. The molecule has 0 aromatic heterocycles. The number of aliphatic hydroxyl groups is 1. The third-order valence-electron chi connectivity index (χ3n) is 6.34. The first-order chi connectivity index (χ1) is 10.4. The van der Waals surface area contributed by atoms with Crippen LogP contribution in [0, 0.1) is 16.7 Å². The summed E-state index contributed by atoms with van der Waals surface area (Å²) < 4.78 is 0. The van der Waals surface area contributed by atoms with Gasteiger partial charge in [-0.2, -0.15) is 0 Å². The van der Waals surface area contributed by atoms with Gasteiger partial charge in [-0.15, -0.1) is 0 Å². The van der Waals surface area contributed by atoms with Gasteiger partial charge in [0.25, 0.3) is 0 Å². The first-order valence-electron chi connectivity index (χ1n) is 8.08. The van der Waals surface area contributed by atoms with Gasteiger partial charge in [0.1, 0.15) is 0 Å². The van der Waals surface area contributed by atoms with Crippen molar-refractivity contribution in [3.05, 3.63) is 42.0 Å². The van der Waals surface area contributed by atoms with Crippen molar-refractivity contribution in [3.8, 4) is 0 Å². The highest BCUT2D eigenvalue weighted by Crippen LogP contribution is 2.65. The summed E-state index contributed by atoms with van der Waals surface area (Å²) in [4.78, 5) is 12.2. The molecule has 0 unspecified atom stereocenters. The molecule has 2 aliphatic rings. The van der Waals surface area contributed by atoms with Gasteiger partial charge in [0, 0.05) is 11.5 Å². The number of benzene rings is 1. The van der Waals surface area contributed by atoms with E-state index in [1.54, 1.807) is 6.08 Å². The molecule has 1 aromatic rings. The van der Waals surface area contributed by atoms with Gasteiger partial charge in [-0.05, 0) is 35.8 Å². The minimum Gasteiger partial charge on any atom is -0.390 e. The average Bonchev–Trinajstić information content (AvgIpc) is 2.80. The van der Waals surface area contributed by atoms with E-state index in [4.69, 9.17) is 0 Å². The Hall–Kier alpha value is -1.61. The topological polar surface area (TPSA) is 49.3 Å². The van der Waals surface area contributed by atoms with Crippen molar-refractivity contribution in [2.24, 2.45) is 16.7 Å². The SMILES string of the molecule is CC1(C)[C@@H]2CC[C@@]1(C)[C@H](O)[C@@H]2NC(=O)/C=C/c1ccccc1. The molecule has 1 amide bonds. The van der Waals surface area contributed by atoms with Crippen molar-refractivity contribution in [2.45, 2.75) is 45.8 Å². The number of carbonyl (C=O) groups is 1. The van der Waals surface area contributed by atoms with E-state index < -0.39 is 6.10 Å². The first kappa shape index (κ1) is 15.3. The standard InChI is InChI=1S/C19H25NO2/c1-18(2)14-11-12-19(18,3)17(22)16(14)20-15(21)10-9-13-7-5-4-6-8-13/h4-10,14,16-17,22H,11-12H2,1-3H3,(H,20,21)/b10-9+/t14-,16-,17-,19+/m1/s1. The lowest BCUT2D eigenvalue weighted by Crippen LogP contribution is -2.48. The van der Waals surface area contributed by atoms with E-state index in [1.807, 2.05) is 36.4 Å². The molecule has 4 atom stereocenters. The minimum absolute atomic E-state index is 0.0630. The van der Waals surface area contributed by atoms with Gasteiger partial charge in [-0.3, -0.25) is 4.79 Å². The van der Waals surface area contributed by atoms with Gasteiger partial charge >= 0.3 is 0 Å². The van der Waals surface area contributed by atoms with E-state index in [0.717, 1.165) is 18.4 Å². The van der Waals surface area contributed by atoms with Crippen LogP contribution in [0.1, 0.15) is 39.2 Å². The Bertz CT molecular complexity index is 593. The second-order valence-corrected chi connectivity index (χ2v) is 7.51. The van der Waals surface area contributed by atoms with Gasteiger partial charge < -0.3 is 10.4 Å². The van der Waals surface area contributed by atoms with Gasteiger partial charge in [-0.1, -0.05) is 51.1 Å². The predicted octanol–water partition coefficient (Wildman–Crippen LogP) is 3.00. The molecule has 0 spiro atoms. The number of hydrogen-bond acceptors (Lipinski definition) is 2. The molecular weight excluding hydrogens is 274 g/mol. The molecule has 22 heavy (non-hydrogen) atoms. The molecule has 2 N–H and O–H groups in total. The van der Waals surface area contributed by atoms with E-state index in [1.165, 1.54) is 0 Å². The third kappa shape index (κ3) is 2.19. The Morgan fingerprint density at radius 1 is 1.27 bits per heavy atom. The van der Waals surface area contributed by atoms with Crippen LogP contribution < -0.4 is 5.32 Å². The van der Waals surface area contributed by atoms with Crippen molar-refractivity contribution < 1.29 is 9.90 Å². The number of amides is 1. The van der Waals surface area contributed by atoms with E-state index in [9.17, 15) is 9.90 Å². The molecule has 0 aliphatic heterocycles. The second-order valence-electron chi connectivity index (χ2n) is 7.51. The minimum atomic E-state index is -0.463. The largest absolute Gasteiger partial charge is 0.390 e. The average molecular weight is 299 g/mol. The maximum Gasteiger partial charge on any atom is 0.244 e. The van der Waals surface area contributed by atoms with Crippen LogP contribution in [0.2, 0.25) is 0 Å². The molecule has 3 heteroatoms. The number of aliphatic hydroxyl groups excluding tert-OH is 1. The van der Waals surface area contributed by atoms with E-state index in [0.29, 0.717) is 5.92 Å². The fraction of sp³-hybridized carbons (Fsp3) is 0.526. The summed E-state index contributed by atoms with van der Waals surface area (Å²) in [7, 11) is 0. The molecule has 0 radical (unpaired) electrons. The quantitative estimate of drug-likeness (QED) is 0.843. The lowest BCUT2D eigenvalue weighted by atomic mass is 9.70. The molecule has 3 rings (SSSR count). The highest BCUT2D eigenvalue weighted by molar-refractivity contribution is 5.92. The third-order valence-corrected chi connectivity index (χ3v) is 6.34.